The predicted molar refractivity (Wildman–Crippen MR) is 65.9 cm³/mol. The van der Waals surface area contributed by atoms with Crippen LogP contribution in [0.15, 0.2) is 24.4 Å². The van der Waals surface area contributed by atoms with E-state index in [1.165, 1.54) is 6.92 Å². The van der Waals surface area contributed by atoms with Crippen LogP contribution in [-0.4, -0.2) is 34.6 Å². The minimum absolute atomic E-state index is 0.0817. The molecule has 18 heavy (non-hydrogen) atoms. The first-order valence-corrected chi connectivity index (χ1v) is 5.65. The van der Waals surface area contributed by atoms with Crippen LogP contribution in [0.2, 0.25) is 0 Å². The van der Waals surface area contributed by atoms with Crippen LogP contribution < -0.4 is 10.6 Å². The molecule has 1 aromatic heterocycles. The number of carbonyl (C=O) groups is 2. The zero-order chi connectivity index (χ0) is 13.5. The fourth-order valence-corrected chi connectivity index (χ4v) is 1.48. The molecular formula is C12H17N3O3. The Balaban J connectivity index is 2.52. The first kappa shape index (κ1) is 14.1. The summed E-state index contributed by atoms with van der Waals surface area (Å²) >= 11 is 0. The second kappa shape index (κ2) is 6.70. The Kier molecular flexibility index (Phi) is 5.26. The molecule has 3 N–H and O–H groups in total. The van der Waals surface area contributed by atoms with Crippen LogP contribution in [-0.2, 0) is 9.59 Å². The smallest absolute Gasteiger partial charge is 0.327 e. The van der Waals surface area contributed by atoms with E-state index in [4.69, 9.17) is 5.11 Å². The van der Waals surface area contributed by atoms with Crippen molar-refractivity contribution in [2.45, 2.75) is 25.9 Å². The van der Waals surface area contributed by atoms with Gasteiger partial charge < -0.3 is 15.7 Å². The number of rotatable bonds is 6. The van der Waals surface area contributed by atoms with Crippen LogP contribution in [0.5, 0.6) is 0 Å². The molecule has 6 nitrogen and oxygen atoms in total. The molecule has 2 atom stereocenters. The van der Waals surface area contributed by atoms with Crippen molar-refractivity contribution >= 4 is 11.9 Å². The largest absolute Gasteiger partial charge is 0.480 e. The van der Waals surface area contributed by atoms with Crippen LogP contribution in [0.3, 0.4) is 0 Å². The van der Waals surface area contributed by atoms with Gasteiger partial charge in [-0.25, -0.2) is 4.79 Å². The van der Waals surface area contributed by atoms with Crippen LogP contribution in [0, 0.1) is 0 Å². The van der Waals surface area contributed by atoms with Crippen molar-refractivity contribution in [2.75, 3.05) is 6.54 Å². The van der Waals surface area contributed by atoms with E-state index in [0.29, 0.717) is 0 Å². The van der Waals surface area contributed by atoms with Gasteiger partial charge in [-0.2, -0.15) is 0 Å². The average Bonchev–Trinajstić information content (AvgIpc) is 2.34. The van der Waals surface area contributed by atoms with Crippen molar-refractivity contribution < 1.29 is 14.7 Å². The Morgan fingerprint density at radius 2 is 2.17 bits per heavy atom. The van der Waals surface area contributed by atoms with Crippen molar-refractivity contribution in [3.63, 3.8) is 0 Å². The quantitative estimate of drug-likeness (QED) is 0.677. The summed E-state index contributed by atoms with van der Waals surface area (Å²) in [5.41, 5.74) is 0.824. The van der Waals surface area contributed by atoms with E-state index in [2.05, 4.69) is 15.6 Å². The zero-order valence-electron chi connectivity index (χ0n) is 10.4. The molecule has 0 aliphatic rings. The van der Waals surface area contributed by atoms with Crippen molar-refractivity contribution in [3.8, 4) is 0 Å². The summed E-state index contributed by atoms with van der Waals surface area (Å²) in [6, 6.07) is 4.51. The lowest BCUT2D eigenvalue weighted by Crippen LogP contribution is -2.46. The molecule has 0 radical (unpaired) electrons. The molecule has 6 heteroatoms. The first-order valence-electron chi connectivity index (χ1n) is 5.65. The minimum atomic E-state index is -1.06. The molecule has 0 saturated carbocycles. The lowest BCUT2D eigenvalue weighted by molar-refractivity contribution is -0.141. The van der Waals surface area contributed by atoms with Gasteiger partial charge in [0, 0.05) is 25.7 Å². The molecule has 0 fully saturated rings. The van der Waals surface area contributed by atoms with Gasteiger partial charge in [-0.1, -0.05) is 6.07 Å². The number of hydrogen-bond donors (Lipinski definition) is 3. The Bertz CT molecular complexity index is 408. The van der Waals surface area contributed by atoms with Gasteiger partial charge in [0.2, 0.25) is 5.91 Å². The number of carboxylic acid groups (broad SMARTS) is 1. The molecule has 1 amide bonds. The molecular weight excluding hydrogens is 234 g/mol. The highest BCUT2D eigenvalue weighted by Crippen LogP contribution is 2.07. The summed E-state index contributed by atoms with van der Waals surface area (Å²) in [5, 5.41) is 14.3. The molecule has 1 rings (SSSR count). The number of nitrogens with zero attached hydrogens (tertiary/aromatic N) is 1. The number of pyridine rings is 1. The van der Waals surface area contributed by atoms with E-state index in [9.17, 15) is 9.59 Å². The highest BCUT2D eigenvalue weighted by Gasteiger charge is 2.19. The second-order valence-corrected chi connectivity index (χ2v) is 3.98. The van der Waals surface area contributed by atoms with E-state index in [1.807, 2.05) is 25.1 Å². The Hall–Kier alpha value is -1.95. The molecule has 2 unspecified atom stereocenters. The molecule has 98 valence electrons. The number of amides is 1. The third-order valence-corrected chi connectivity index (χ3v) is 2.44. The Morgan fingerprint density at radius 1 is 1.44 bits per heavy atom. The molecule has 1 heterocycles. The van der Waals surface area contributed by atoms with Gasteiger partial charge >= 0.3 is 5.97 Å². The maximum Gasteiger partial charge on any atom is 0.327 e. The van der Waals surface area contributed by atoms with Crippen molar-refractivity contribution in [1.82, 2.24) is 15.6 Å². The highest BCUT2D eigenvalue weighted by molar-refractivity contribution is 5.82. The van der Waals surface area contributed by atoms with Gasteiger partial charge in [0.1, 0.15) is 6.04 Å². The number of aromatic nitrogens is 1. The topological polar surface area (TPSA) is 91.3 Å². The summed E-state index contributed by atoms with van der Waals surface area (Å²) in [6.07, 6.45) is 1.68. The summed E-state index contributed by atoms with van der Waals surface area (Å²) in [7, 11) is 0. The van der Waals surface area contributed by atoms with Gasteiger partial charge in [0.25, 0.3) is 0 Å². The SMILES string of the molecule is CC(=O)NC(CNC(C)c1ccccn1)C(=O)O. The molecule has 0 aliphatic carbocycles. The van der Waals surface area contributed by atoms with Crippen LogP contribution in [0.4, 0.5) is 0 Å². The molecule has 0 spiro atoms. The fourth-order valence-electron chi connectivity index (χ4n) is 1.48. The number of hydrogen-bond acceptors (Lipinski definition) is 4. The summed E-state index contributed by atoms with van der Waals surface area (Å²) < 4.78 is 0. The minimum Gasteiger partial charge on any atom is -0.480 e. The monoisotopic (exact) mass is 251 g/mol. The van der Waals surface area contributed by atoms with Gasteiger partial charge in [-0.05, 0) is 19.1 Å². The van der Waals surface area contributed by atoms with Gasteiger partial charge in [0.05, 0.1) is 5.69 Å². The summed E-state index contributed by atoms with van der Waals surface area (Å²) in [5.74, 6) is -1.43. The molecule has 1 aromatic rings. The third-order valence-electron chi connectivity index (χ3n) is 2.44. The van der Waals surface area contributed by atoms with Gasteiger partial charge in [0.15, 0.2) is 0 Å². The van der Waals surface area contributed by atoms with E-state index < -0.39 is 12.0 Å². The molecule has 0 saturated heterocycles. The van der Waals surface area contributed by atoms with Crippen molar-refractivity contribution in [1.29, 1.82) is 0 Å². The standard InChI is InChI=1S/C12H17N3O3/c1-8(10-5-3-4-6-13-10)14-7-11(12(17)18)15-9(2)16/h3-6,8,11,14H,7H2,1-2H3,(H,15,16)(H,17,18). The van der Waals surface area contributed by atoms with E-state index in [1.54, 1.807) is 6.20 Å². The number of nitrogens with one attached hydrogen (secondary N) is 2. The lowest BCUT2D eigenvalue weighted by Gasteiger charge is -2.18. The maximum atomic E-state index is 10.9. The van der Waals surface area contributed by atoms with Crippen molar-refractivity contribution in [3.05, 3.63) is 30.1 Å². The van der Waals surface area contributed by atoms with Gasteiger partial charge in [-0.15, -0.1) is 0 Å². The third kappa shape index (κ3) is 4.50. The van der Waals surface area contributed by atoms with E-state index in [-0.39, 0.29) is 18.5 Å². The Labute approximate surface area is 105 Å². The van der Waals surface area contributed by atoms with E-state index in [0.717, 1.165) is 5.69 Å². The predicted octanol–water partition coefficient (Wildman–Crippen LogP) is 0.321. The van der Waals surface area contributed by atoms with Crippen LogP contribution in [0.25, 0.3) is 0 Å². The van der Waals surface area contributed by atoms with Crippen LogP contribution in [0.1, 0.15) is 25.6 Å². The molecule has 0 aromatic carbocycles. The van der Waals surface area contributed by atoms with E-state index >= 15 is 0 Å². The van der Waals surface area contributed by atoms with Crippen LogP contribution >= 0.6 is 0 Å². The molecule has 0 aliphatic heterocycles. The Morgan fingerprint density at radius 3 is 2.67 bits per heavy atom. The van der Waals surface area contributed by atoms with Crippen molar-refractivity contribution in [2.24, 2.45) is 0 Å². The highest BCUT2D eigenvalue weighted by atomic mass is 16.4. The summed E-state index contributed by atoms with van der Waals surface area (Å²) in [6.45, 7) is 3.32. The normalized spacial score (nSPS) is 13.7. The zero-order valence-corrected chi connectivity index (χ0v) is 10.4. The maximum absolute atomic E-state index is 10.9. The molecule has 0 bridgehead atoms. The summed E-state index contributed by atoms with van der Waals surface area (Å²) in [4.78, 5) is 25.9. The first-order chi connectivity index (χ1) is 8.50. The second-order valence-electron chi connectivity index (χ2n) is 3.98. The number of carbonyl (C=O) groups excluding carboxylic acids is 1. The average molecular weight is 251 g/mol. The number of aliphatic carboxylic acids is 1. The fraction of sp³-hybridized carbons (Fsp3) is 0.417. The number of carboxylic acids is 1. The lowest BCUT2D eigenvalue weighted by atomic mass is 10.2. The van der Waals surface area contributed by atoms with Gasteiger partial charge in [-0.3, -0.25) is 9.78 Å².